The highest BCUT2D eigenvalue weighted by Gasteiger charge is 2.30. The standard InChI is InChI=1S/C13H10ClF3S/c1-8-6-11(18-12(8)7-14)9-2-4-10(5-3-9)13(15,16)17/h2-6H,7H2,1H3. The molecule has 0 radical (unpaired) electrons. The van der Waals surface area contributed by atoms with Crippen molar-refractivity contribution in [2.75, 3.05) is 0 Å². The molecule has 0 saturated carbocycles. The van der Waals surface area contributed by atoms with Gasteiger partial charge in [-0.3, -0.25) is 0 Å². The van der Waals surface area contributed by atoms with Crippen LogP contribution in [0, 0.1) is 6.92 Å². The lowest BCUT2D eigenvalue weighted by molar-refractivity contribution is -0.137. The summed E-state index contributed by atoms with van der Waals surface area (Å²) in [4.78, 5) is 1.99. The molecule has 0 aliphatic carbocycles. The molecule has 0 saturated heterocycles. The Hall–Kier alpha value is -1.00. The van der Waals surface area contributed by atoms with Gasteiger partial charge in [-0.2, -0.15) is 13.2 Å². The van der Waals surface area contributed by atoms with Crippen LogP contribution in [0.3, 0.4) is 0 Å². The number of rotatable bonds is 2. The highest BCUT2D eigenvalue weighted by Crippen LogP contribution is 2.34. The molecule has 0 bridgehead atoms. The minimum Gasteiger partial charge on any atom is -0.166 e. The van der Waals surface area contributed by atoms with E-state index in [1.54, 1.807) is 0 Å². The molecule has 0 nitrogen and oxygen atoms in total. The number of hydrogen-bond acceptors (Lipinski definition) is 1. The fourth-order valence-corrected chi connectivity index (χ4v) is 3.02. The average Bonchev–Trinajstić information content (AvgIpc) is 2.69. The predicted octanol–water partition coefficient (Wildman–Crippen LogP) is 5.48. The number of hydrogen-bond donors (Lipinski definition) is 0. The summed E-state index contributed by atoms with van der Waals surface area (Å²) in [6.45, 7) is 1.95. The summed E-state index contributed by atoms with van der Waals surface area (Å²) >= 11 is 7.29. The second-order valence-corrected chi connectivity index (χ2v) is 5.33. The van der Waals surface area contributed by atoms with E-state index in [0.717, 1.165) is 33.0 Å². The van der Waals surface area contributed by atoms with E-state index in [0.29, 0.717) is 5.88 Å². The Morgan fingerprint density at radius 2 is 1.78 bits per heavy atom. The van der Waals surface area contributed by atoms with Gasteiger partial charge in [0.15, 0.2) is 0 Å². The van der Waals surface area contributed by atoms with Gasteiger partial charge >= 0.3 is 6.18 Å². The molecule has 0 N–H and O–H groups in total. The predicted molar refractivity (Wildman–Crippen MR) is 69.1 cm³/mol. The van der Waals surface area contributed by atoms with Crippen LogP contribution in [0.25, 0.3) is 10.4 Å². The van der Waals surface area contributed by atoms with Crippen LogP contribution in [0.5, 0.6) is 0 Å². The Bertz CT molecular complexity index is 540. The van der Waals surface area contributed by atoms with E-state index < -0.39 is 11.7 Å². The van der Waals surface area contributed by atoms with Gasteiger partial charge < -0.3 is 0 Å². The fraction of sp³-hybridized carbons (Fsp3) is 0.231. The van der Waals surface area contributed by atoms with E-state index in [-0.39, 0.29) is 0 Å². The maximum atomic E-state index is 12.4. The Balaban J connectivity index is 2.34. The molecule has 0 aliphatic rings. The number of thiophene rings is 1. The van der Waals surface area contributed by atoms with E-state index in [1.807, 2.05) is 13.0 Å². The highest BCUT2D eigenvalue weighted by molar-refractivity contribution is 7.15. The van der Waals surface area contributed by atoms with Crippen LogP contribution in [0.2, 0.25) is 0 Å². The van der Waals surface area contributed by atoms with E-state index in [9.17, 15) is 13.2 Å². The molecule has 1 aromatic heterocycles. The van der Waals surface area contributed by atoms with Crippen molar-refractivity contribution in [2.24, 2.45) is 0 Å². The van der Waals surface area contributed by atoms with Crippen molar-refractivity contribution in [3.8, 4) is 10.4 Å². The summed E-state index contributed by atoms with van der Waals surface area (Å²) in [6.07, 6.45) is -4.29. The van der Waals surface area contributed by atoms with Crippen molar-refractivity contribution in [1.82, 2.24) is 0 Å². The zero-order valence-corrected chi connectivity index (χ0v) is 11.1. The zero-order chi connectivity index (χ0) is 13.3. The van der Waals surface area contributed by atoms with E-state index in [1.165, 1.54) is 23.5 Å². The second-order valence-electron chi connectivity index (χ2n) is 3.93. The van der Waals surface area contributed by atoms with Gasteiger partial charge in [0.25, 0.3) is 0 Å². The summed E-state index contributed by atoms with van der Waals surface area (Å²) < 4.78 is 37.3. The molecule has 1 aromatic carbocycles. The SMILES string of the molecule is Cc1cc(-c2ccc(C(F)(F)F)cc2)sc1CCl. The number of benzene rings is 1. The van der Waals surface area contributed by atoms with Crippen molar-refractivity contribution in [1.29, 1.82) is 0 Å². The minimum absolute atomic E-state index is 0.428. The minimum atomic E-state index is -4.29. The number of alkyl halides is 4. The Morgan fingerprint density at radius 1 is 1.17 bits per heavy atom. The molecule has 5 heteroatoms. The smallest absolute Gasteiger partial charge is 0.166 e. The third-order valence-electron chi connectivity index (χ3n) is 2.64. The Labute approximate surface area is 112 Å². The highest BCUT2D eigenvalue weighted by atomic mass is 35.5. The van der Waals surface area contributed by atoms with Gasteiger partial charge in [-0.25, -0.2) is 0 Å². The average molecular weight is 291 g/mol. The molecule has 18 heavy (non-hydrogen) atoms. The molecule has 0 atom stereocenters. The van der Waals surface area contributed by atoms with E-state index in [4.69, 9.17) is 11.6 Å². The molecule has 2 aromatic rings. The third-order valence-corrected chi connectivity index (χ3v) is 4.35. The summed E-state index contributed by atoms with van der Waals surface area (Å²) in [5.41, 5.74) is 1.23. The molecular formula is C13H10ClF3S. The van der Waals surface area contributed by atoms with Crippen LogP contribution >= 0.6 is 22.9 Å². The molecule has 0 spiro atoms. The largest absolute Gasteiger partial charge is 0.416 e. The van der Waals surface area contributed by atoms with Crippen molar-refractivity contribution in [3.05, 3.63) is 46.3 Å². The van der Waals surface area contributed by atoms with Gasteiger partial charge in [0.2, 0.25) is 0 Å². The van der Waals surface area contributed by atoms with Crippen molar-refractivity contribution < 1.29 is 13.2 Å². The lowest BCUT2D eigenvalue weighted by Crippen LogP contribution is -2.03. The van der Waals surface area contributed by atoms with Gasteiger partial charge in [-0.1, -0.05) is 12.1 Å². The lowest BCUT2D eigenvalue weighted by Gasteiger charge is -2.06. The lowest BCUT2D eigenvalue weighted by atomic mass is 10.1. The quantitative estimate of drug-likeness (QED) is 0.642. The van der Waals surface area contributed by atoms with Crippen LogP contribution in [0.15, 0.2) is 30.3 Å². The molecule has 96 valence electrons. The van der Waals surface area contributed by atoms with Crippen LogP contribution in [0.1, 0.15) is 16.0 Å². The van der Waals surface area contributed by atoms with Gasteiger partial charge in [0.1, 0.15) is 0 Å². The van der Waals surface area contributed by atoms with Crippen molar-refractivity contribution in [2.45, 2.75) is 19.0 Å². The first-order valence-electron chi connectivity index (χ1n) is 5.24. The number of halogens is 4. The molecular weight excluding hydrogens is 281 g/mol. The van der Waals surface area contributed by atoms with Crippen LogP contribution in [-0.2, 0) is 12.1 Å². The zero-order valence-electron chi connectivity index (χ0n) is 9.51. The first kappa shape index (κ1) is 13.4. The molecule has 0 unspecified atom stereocenters. The molecule has 1 heterocycles. The third kappa shape index (κ3) is 2.70. The normalized spacial score (nSPS) is 11.8. The topological polar surface area (TPSA) is 0 Å². The monoisotopic (exact) mass is 290 g/mol. The summed E-state index contributed by atoms with van der Waals surface area (Å²) in [6, 6.07) is 7.14. The Kier molecular flexibility index (Phi) is 3.69. The van der Waals surface area contributed by atoms with Gasteiger partial charge in [0, 0.05) is 9.75 Å². The van der Waals surface area contributed by atoms with Crippen LogP contribution in [-0.4, -0.2) is 0 Å². The maximum absolute atomic E-state index is 12.4. The van der Waals surface area contributed by atoms with Gasteiger partial charge in [-0.15, -0.1) is 22.9 Å². The van der Waals surface area contributed by atoms with Crippen LogP contribution in [0.4, 0.5) is 13.2 Å². The van der Waals surface area contributed by atoms with Gasteiger partial charge in [-0.05, 0) is 36.2 Å². The molecule has 0 fully saturated rings. The van der Waals surface area contributed by atoms with Crippen molar-refractivity contribution in [3.63, 3.8) is 0 Å². The summed E-state index contributed by atoms with van der Waals surface area (Å²) in [5.74, 6) is 0.428. The second kappa shape index (κ2) is 4.94. The number of aryl methyl sites for hydroxylation is 1. The van der Waals surface area contributed by atoms with E-state index in [2.05, 4.69) is 0 Å². The summed E-state index contributed by atoms with van der Waals surface area (Å²) in [5, 5.41) is 0. The molecule has 0 aliphatic heterocycles. The Morgan fingerprint density at radius 3 is 2.22 bits per heavy atom. The van der Waals surface area contributed by atoms with Gasteiger partial charge in [0.05, 0.1) is 11.4 Å². The fourth-order valence-electron chi connectivity index (χ4n) is 1.62. The maximum Gasteiger partial charge on any atom is 0.416 e. The van der Waals surface area contributed by atoms with Crippen LogP contribution < -0.4 is 0 Å². The molecule has 2 rings (SSSR count). The summed E-state index contributed by atoms with van der Waals surface area (Å²) in [7, 11) is 0. The first-order chi connectivity index (χ1) is 8.41. The van der Waals surface area contributed by atoms with Crippen molar-refractivity contribution >= 4 is 22.9 Å². The van der Waals surface area contributed by atoms with E-state index >= 15 is 0 Å². The molecule has 0 amide bonds. The first-order valence-corrected chi connectivity index (χ1v) is 6.60.